The first-order valence-electron chi connectivity index (χ1n) is 13.2. The molecule has 2 heterocycles. The summed E-state index contributed by atoms with van der Waals surface area (Å²) in [6.45, 7) is 1.78. The van der Waals surface area contributed by atoms with Crippen LogP contribution in [0.15, 0.2) is 24.3 Å². The van der Waals surface area contributed by atoms with Crippen LogP contribution < -0.4 is 35.3 Å². The van der Waals surface area contributed by atoms with Gasteiger partial charge in [0.25, 0.3) is 0 Å². The van der Waals surface area contributed by atoms with Crippen molar-refractivity contribution in [3.05, 3.63) is 41.0 Å². The molecule has 11 nitrogen and oxygen atoms in total. The molecule has 0 spiro atoms. The fourth-order valence-electron chi connectivity index (χ4n) is 5.84. The molecule has 3 aliphatic rings. The summed E-state index contributed by atoms with van der Waals surface area (Å²) in [6.07, 6.45) is 2.90. The number of nitrogens with two attached hydrogens (primary N) is 1. The Morgan fingerprint density at radius 3 is 2.38 bits per heavy atom. The number of rotatable bonds is 11. The maximum atomic E-state index is 13.2. The van der Waals surface area contributed by atoms with Crippen molar-refractivity contribution in [3.8, 4) is 28.7 Å². The molecule has 39 heavy (non-hydrogen) atoms. The van der Waals surface area contributed by atoms with Gasteiger partial charge in [-0.1, -0.05) is 6.42 Å². The number of benzene rings is 2. The van der Waals surface area contributed by atoms with Crippen LogP contribution in [-0.2, 0) is 14.3 Å². The second-order valence-electron chi connectivity index (χ2n) is 9.98. The van der Waals surface area contributed by atoms with Crippen LogP contribution in [0.5, 0.6) is 28.7 Å². The van der Waals surface area contributed by atoms with Crippen molar-refractivity contribution in [3.63, 3.8) is 0 Å². The molecule has 0 saturated carbocycles. The summed E-state index contributed by atoms with van der Waals surface area (Å²) in [4.78, 5) is 26.2. The molecule has 11 heteroatoms. The number of methoxy groups -OCH3 is 2. The van der Waals surface area contributed by atoms with Crippen molar-refractivity contribution in [2.75, 3.05) is 47.3 Å². The summed E-state index contributed by atoms with van der Waals surface area (Å²) in [5, 5.41) is 16.8. The Morgan fingerprint density at radius 2 is 1.72 bits per heavy atom. The van der Waals surface area contributed by atoms with Gasteiger partial charge in [0.1, 0.15) is 0 Å². The second kappa shape index (κ2) is 11.6. The minimum atomic E-state index is -0.591. The van der Waals surface area contributed by atoms with Crippen molar-refractivity contribution in [2.24, 2.45) is 17.6 Å². The average Bonchev–Trinajstić information content (AvgIpc) is 3.56. The van der Waals surface area contributed by atoms with Gasteiger partial charge in [-0.25, -0.2) is 0 Å². The van der Waals surface area contributed by atoms with Crippen LogP contribution in [0.3, 0.4) is 0 Å². The molecule has 1 fully saturated rings. The number of phenols is 1. The number of unbranched alkanes of at least 4 members (excludes halogenated alkanes) is 2. The molecule has 0 radical (unpaired) electrons. The highest BCUT2D eigenvalue weighted by Crippen LogP contribution is 2.55. The number of hydrogen-bond acceptors (Lipinski definition) is 10. The van der Waals surface area contributed by atoms with E-state index in [9.17, 15) is 14.7 Å². The quantitative estimate of drug-likeness (QED) is 0.245. The van der Waals surface area contributed by atoms with E-state index in [-0.39, 0.29) is 55.0 Å². The molecule has 1 aliphatic carbocycles. The van der Waals surface area contributed by atoms with E-state index in [4.69, 9.17) is 29.4 Å². The number of carbonyl (C=O) groups is 2. The monoisotopic (exact) mass is 541 g/mol. The van der Waals surface area contributed by atoms with Crippen molar-refractivity contribution < 1.29 is 38.4 Å². The molecule has 2 aliphatic heterocycles. The summed E-state index contributed by atoms with van der Waals surface area (Å²) in [5.41, 5.74) is 7.88. The van der Waals surface area contributed by atoms with E-state index in [0.29, 0.717) is 30.2 Å². The van der Waals surface area contributed by atoms with Gasteiger partial charge in [0.15, 0.2) is 23.0 Å². The third-order valence-corrected chi connectivity index (χ3v) is 7.71. The fraction of sp³-hybridized carbons (Fsp3) is 0.500. The molecule has 2 aromatic rings. The number of esters is 1. The third-order valence-electron chi connectivity index (χ3n) is 7.71. The fourth-order valence-corrected chi connectivity index (χ4v) is 5.84. The molecule has 5 N–H and O–H groups in total. The third kappa shape index (κ3) is 5.16. The highest BCUT2D eigenvalue weighted by Gasteiger charge is 2.53. The zero-order valence-corrected chi connectivity index (χ0v) is 22.2. The van der Waals surface area contributed by atoms with Crippen LogP contribution in [0, 0.1) is 11.8 Å². The van der Waals surface area contributed by atoms with Gasteiger partial charge in [-0.05, 0) is 66.9 Å². The standard InChI is InChI=1S/C28H35N3O8/c1-35-21-8-15(9-22(36-2)27(21)33)24-16-10-19-20(39-14-38-19)11-17(16)26(18-13-37-28(34)25(18)24)31-23(32)12-30-7-5-3-4-6-29/h8-11,18,24-26,30,33H,3-7,12-14,29H2,1-2H3,(H,31,32). The minimum Gasteiger partial charge on any atom is -0.502 e. The highest BCUT2D eigenvalue weighted by molar-refractivity contribution is 5.81. The summed E-state index contributed by atoms with van der Waals surface area (Å²) < 4.78 is 27.7. The van der Waals surface area contributed by atoms with Gasteiger partial charge >= 0.3 is 5.97 Å². The lowest BCUT2D eigenvalue weighted by Crippen LogP contribution is -2.45. The van der Waals surface area contributed by atoms with E-state index in [1.807, 2.05) is 12.1 Å². The molecule has 4 atom stereocenters. The Labute approximate surface area is 226 Å². The molecular formula is C28H35N3O8. The van der Waals surface area contributed by atoms with Gasteiger partial charge in [0, 0.05) is 11.8 Å². The molecule has 4 unspecified atom stereocenters. The first-order valence-corrected chi connectivity index (χ1v) is 13.2. The normalized spacial score (nSPS) is 22.6. The van der Waals surface area contributed by atoms with Crippen LogP contribution in [0.1, 0.15) is 47.9 Å². The predicted molar refractivity (Wildman–Crippen MR) is 140 cm³/mol. The zero-order chi connectivity index (χ0) is 27.5. The van der Waals surface area contributed by atoms with Crippen LogP contribution in [0.4, 0.5) is 0 Å². The number of amides is 1. The summed E-state index contributed by atoms with van der Waals surface area (Å²) in [7, 11) is 2.91. The number of cyclic esters (lactones) is 1. The van der Waals surface area contributed by atoms with E-state index >= 15 is 0 Å². The van der Waals surface area contributed by atoms with E-state index in [1.165, 1.54) is 14.2 Å². The zero-order valence-electron chi connectivity index (χ0n) is 22.2. The Balaban J connectivity index is 1.51. The van der Waals surface area contributed by atoms with Crippen LogP contribution >= 0.6 is 0 Å². The lowest BCUT2D eigenvalue weighted by atomic mass is 9.65. The van der Waals surface area contributed by atoms with Crippen LogP contribution in [0.2, 0.25) is 0 Å². The van der Waals surface area contributed by atoms with Gasteiger partial charge < -0.3 is 45.2 Å². The molecule has 5 rings (SSSR count). The maximum absolute atomic E-state index is 13.2. The number of hydrogen-bond donors (Lipinski definition) is 4. The Morgan fingerprint density at radius 1 is 1.03 bits per heavy atom. The first-order chi connectivity index (χ1) is 19.0. The van der Waals surface area contributed by atoms with E-state index < -0.39 is 17.9 Å². The van der Waals surface area contributed by atoms with Crippen molar-refractivity contribution in [1.82, 2.24) is 10.6 Å². The number of fused-ring (bicyclic) bond motifs is 3. The molecule has 2 aromatic carbocycles. The Hall–Kier alpha value is -3.70. The van der Waals surface area contributed by atoms with Crippen LogP contribution in [-0.4, -0.2) is 64.2 Å². The number of aromatic hydroxyl groups is 1. The predicted octanol–water partition coefficient (Wildman–Crippen LogP) is 1.95. The minimum absolute atomic E-state index is 0.0871. The van der Waals surface area contributed by atoms with Crippen molar-refractivity contribution in [2.45, 2.75) is 31.2 Å². The second-order valence-corrected chi connectivity index (χ2v) is 9.98. The largest absolute Gasteiger partial charge is 0.502 e. The Bertz CT molecular complexity index is 1210. The number of ether oxygens (including phenoxy) is 5. The molecule has 1 saturated heterocycles. The summed E-state index contributed by atoms with van der Waals surface area (Å²) in [6, 6.07) is 6.67. The summed E-state index contributed by atoms with van der Waals surface area (Å²) in [5.74, 6) is -0.446. The lowest BCUT2D eigenvalue weighted by molar-refractivity contribution is -0.141. The smallest absolute Gasteiger partial charge is 0.310 e. The number of phenolic OH excluding ortho intramolecular Hbond substituents is 1. The van der Waals surface area contributed by atoms with Crippen LogP contribution in [0.25, 0.3) is 0 Å². The summed E-state index contributed by atoms with van der Waals surface area (Å²) >= 11 is 0. The van der Waals surface area contributed by atoms with Gasteiger partial charge in [0.2, 0.25) is 18.4 Å². The molecule has 0 aromatic heterocycles. The van der Waals surface area contributed by atoms with Crippen molar-refractivity contribution >= 4 is 11.9 Å². The lowest BCUT2D eigenvalue weighted by Gasteiger charge is -2.39. The van der Waals surface area contributed by atoms with E-state index in [0.717, 1.165) is 30.4 Å². The van der Waals surface area contributed by atoms with Gasteiger partial charge in [-0.15, -0.1) is 0 Å². The average molecular weight is 542 g/mol. The molecule has 0 bridgehead atoms. The van der Waals surface area contributed by atoms with Gasteiger partial charge in [0.05, 0.1) is 39.3 Å². The topological polar surface area (TPSA) is 151 Å². The molecule has 210 valence electrons. The molecular weight excluding hydrogens is 506 g/mol. The Kier molecular flexibility index (Phi) is 7.99. The maximum Gasteiger partial charge on any atom is 0.310 e. The molecule has 1 amide bonds. The highest BCUT2D eigenvalue weighted by atomic mass is 16.7. The number of carbonyl (C=O) groups excluding carboxylic acids is 2. The first kappa shape index (κ1) is 26.9. The van der Waals surface area contributed by atoms with Crippen molar-refractivity contribution in [1.29, 1.82) is 0 Å². The SMILES string of the molecule is COc1cc(C2c3cc4c(cc3C(NC(=O)CNCCCCCN)C3COC(=O)C23)OCO4)cc(OC)c1O. The van der Waals surface area contributed by atoms with E-state index in [2.05, 4.69) is 10.6 Å². The van der Waals surface area contributed by atoms with E-state index in [1.54, 1.807) is 12.1 Å². The van der Waals surface area contributed by atoms with Gasteiger partial charge in [-0.2, -0.15) is 0 Å². The number of nitrogens with one attached hydrogen (secondary N) is 2. The van der Waals surface area contributed by atoms with Gasteiger partial charge in [-0.3, -0.25) is 9.59 Å².